The number of amidine groups is 1. The van der Waals surface area contributed by atoms with Crippen LogP contribution in [0.5, 0.6) is 0 Å². The number of aliphatic imine (C=N–C) groups is 1. The highest BCUT2D eigenvalue weighted by molar-refractivity contribution is 8.14. The van der Waals surface area contributed by atoms with Gasteiger partial charge >= 0.3 is 0 Å². The lowest BCUT2D eigenvalue weighted by Crippen LogP contribution is -2.35. The zero-order valence-corrected chi connectivity index (χ0v) is 16.3. The highest BCUT2D eigenvalue weighted by atomic mass is 32.2. The molecule has 29 heavy (non-hydrogen) atoms. The molecule has 2 aromatic rings. The Hall–Kier alpha value is -3.18. The molecule has 0 saturated carbocycles. The van der Waals surface area contributed by atoms with Crippen LogP contribution in [0.3, 0.4) is 0 Å². The molecule has 1 atom stereocenters. The van der Waals surface area contributed by atoms with Crippen molar-refractivity contribution < 1.29 is 9.18 Å². The van der Waals surface area contributed by atoms with E-state index in [1.165, 1.54) is 22.7 Å². The first-order valence-corrected chi connectivity index (χ1v) is 10.2. The number of fused-ring (bicyclic) bond motifs is 3. The van der Waals surface area contributed by atoms with E-state index in [1.807, 2.05) is 41.6 Å². The number of halogens is 1. The Morgan fingerprint density at radius 2 is 2.07 bits per heavy atom. The van der Waals surface area contributed by atoms with Crippen molar-refractivity contribution in [2.75, 3.05) is 17.2 Å². The molecule has 0 aliphatic carbocycles. The van der Waals surface area contributed by atoms with Crippen molar-refractivity contribution >= 4 is 40.4 Å². The molecule has 0 bridgehead atoms. The molecule has 1 amide bonds. The minimum atomic E-state index is -0.489. The molecule has 2 aliphatic heterocycles. The molecule has 1 unspecified atom stereocenters. The van der Waals surface area contributed by atoms with Crippen LogP contribution in [0.15, 0.2) is 58.6 Å². The standard InChI is InChI=1S/C21H18FN5OS/c22-16-7-2-4-9-19(16)26(13-5-11-23)20(28)14-29-21-25-17-8-3-1-6-15(17)18-10-12-24-27(18)21/h1-4,6-9,12,18H,5,10,13-14H2. The van der Waals surface area contributed by atoms with Gasteiger partial charge in [-0.1, -0.05) is 42.1 Å². The van der Waals surface area contributed by atoms with Crippen LogP contribution in [-0.4, -0.2) is 34.6 Å². The van der Waals surface area contributed by atoms with Crippen molar-refractivity contribution in [2.24, 2.45) is 10.1 Å². The quantitative estimate of drug-likeness (QED) is 0.743. The predicted octanol–water partition coefficient (Wildman–Crippen LogP) is 4.24. The summed E-state index contributed by atoms with van der Waals surface area (Å²) in [5, 5.41) is 15.8. The predicted molar refractivity (Wildman–Crippen MR) is 113 cm³/mol. The molecule has 2 aliphatic rings. The van der Waals surface area contributed by atoms with Crippen LogP contribution < -0.4 is 4.90 Å². The summed E-state index contributed by atoms with van der Waals surface area (Å²) in [7, 11) is 0. The third kappa shape index (κ3) is 3.87. The molecule has 2 heterocycles. The number of amides is 1. The fraction of sp³-hybridized carbons (Fsp3) is 0.238. The van der Waals surface area contributed by atoms with E-state index in [1.54, 1.807) is 18.2 Å². The smallest absolute Gasteiger partial charge is 0.237 e. The molecule has 2 aromatic carbocycles. The molecular weight excluding hydrogens is 389 g/mol. The molecule has 0 fully saturated rings. The Morgan fingerprint density at radius 3 is 2.90 bits per heavy atom. The highest BCUT2D eigenvalue weighted by Crippen LogP contribution is 2.40. The summed E-state index contributed by atoms with van der Waals surface area (Å²) >= 11 is 1.27. The number of rotatable bonds is 5. The van der Waals surface area contributed by atoms with Crippen molar-refractivity contribution in [1.29, 1.82) is 5.26 Å². The summed E-state index contributed by atoms with van der Waals surface area (Å²) in [6.07, 6.45) is 2.76. The number of nitriles is 1. The largest absolute Gasteiger partial charge is 0.308 e. The second kappa shape index (κ2) is 8.45. The van der Waals surface area contributed by atoms with Gasteiger partial charge in [0.2, 0.25) is 5.91 Å². The third-order valence-corrected chi connectivity index (χ3v) is 5.68. The minimum absolute atomic E-state index is 0.0690. The molecule has 0 radical (unpaired) electrons. The highest BCUT2D eigenvalue weighted by Gasteiger charge is 2.33. The van der Waals surface area contributed by atoms with Gasteiger partial charge in [0.1, 0.15) is 5.82 Å². The first-order valence-electron chi connectivity index (χ1n) is 9.23. The monoisotopic (exact) mass is 407 g/mol. The van der Waals surface area contributed by atoms with Crippen LogP contribution in [0.4, 0.5) is 15.8 Å². The summed E-state index contributed by atoms with van der Waals surface area (Å²) in [6, 6.07) is 16.1. The van der Waals surface area contributed by atoms with Crippen LogP contribution in [-0.2, 0) is 4.79 Å². The second-order valence-corrected chi connectivity index (χ2v) is 7.48. The maximum atomic E-state index is 14.2. The van der Waals surface area contributed by atoms with Gasteiger partial charge in [-0.15, -0.1) is 0 Å². The van der Waals surface area contributed by atoms with E-state index in [0.29, 0.717) is 5.17 Å². The Kier molecular flexibility index (Phi) is 5.58. The maximum Gasteiger partial charge on any atom is 0.237 e. The lowest BCUT2D eigenvalue weighted by molar-refractivity contribution is -0.116. The fourth-order valence-electron chi connectivity index (χ4n) is 3.40. The SMILES string of the molecule is N#CCCN(C(=O)CSC1=Nc2ccccc2C2CC=NN12)c1ccccc1F. The number of nitrogens with zero attached hydrogens (tertiary/aromatic N) is 5. The number of para-hydroxylation sites is 2. The zero-order valence-electron chi connectivity index (χ0n) is 15.5. The van der Waals surface area contributed by atoms with Gasteiger partial charge in [0.25, 0.3) is 0 Å². The summed E-state index contributed by atoms with van der Waals surface area (Å²) in [6.45, 7) is 0.136. The third-order valence-electron chi connectivity index (χ3n) is 4.75. The number of thioether (sulfide) groups is 1. The van der Waals surface area contributed by atoms with Crippen molar-refractivity contribution in [3.8, 4) is 6.07 Å². The van der Waals surface area contributed by atoms with Gasteiger partial charge in [-0.05, 0) is 18.2 Å². The molecular formula is C21H18FN5OS. The van der Waals surface area contributed by atoms with Gasteiger partial charge < -0.3 is 4.90 Å². The van der Waals surface area contributed by atoms with Crippen molar-refractivity contribution in [3.63, 3.8) is 0 Å². The van der Waals surface area contributed by atoms with Crippen molar-refractivity contribution in [3.05, 3.63) is 59.9 Å². The van der Waals surface area contributed by atoms with Crippen LogP contribution in [0.1, 0.15) is 24.4 Å². The molecule has 0 aromatic heterocycles. The van der Waals surface area contributed by atoms with Crippen molar-refractivity contribution in [2.45, 2.75) is 18.9 Å². The average molecular weight is 407 g/mol. The number of carbonyl (C=O) groups excluding carboxylic acids is 1. The Bertz CT molecular complexity index is 1030. The van der Waals surface area contributed by atoms with Gasteiger partial charge in [0.15, 0.2) is 5.17 Å². The maximum absolute atomic E-state index is 14.2. The minimum Gasteiger partial charge on any atom is -0.308 e. The van der Waals surface area contributed by atoms with Gasteiger partial charge in [-0.25, -0.2) is 14.4 Å². The summed E-state index contributed by atoms with van der Waals surface area (Å²) in [4.78, 5) is 18.9. The number of hydrogen-bond acceptors (Lipinski definition) is 6. The normalized spacial score (nSPS) is 16.6. The topological polar surface area (TPSA) is 72.1 Å². The lowest BCUT2D eigenvalue weighted by atomic mass is 10.0. The van der Waals surface area contributed by atoms with E-state index in [2.05, 4.69) is 10.1 Å². The first-order chi connectivity index (χ1) is 14.2. The molecule has 146 valence electrons. The molecule has 0 N–H and O–H groups in total. The fourth-order valence-corrected chi connectivity index (χ4v) is 4.27. The molecule has 6 nitrogen and oxygen atoms in total. The van der Waals surface area contributed by atoms with E-state index in [0.717, 1.165) is 17.7 Å². The number of anilines is 1. The molecule has 0 spiro atoms. The van der Waals surface area contributed by atoms with Gasteiger partial charge in [-0.2, -0.15) is 10.4 Å². The zero-order chi connectivity index (χ0) is 20.2. The Labute approximate surface area is 172 Å². The van der Waals surface area contributed by atoms with Crippen LogP contribution in [0.2, 0.25) is 0 Å². The molecule has 0 saturated heterocycles. The van der Waals surface area contributed by atoms with Gasteiger partial charge in [-0.3, -0.25) is 4.79 Å². The van der Waals surface area contributed by atoms with E-state index in [-0.39, 0.29) is 36.4 Å². The van der Waals surface area contributed by atoms with E-state index < -0.39 is 5.82 Å². The van der Waals surface area contributed by atoms with E-state index >= 15 is 0 Å². The van der Waals surface area contributed by atoms with E-state index in [9.17, 15) is 9.18 Å². The summed E-state index contributed by atoms with van der Waals surface area (Å²) < 4.78 is 14.2. The van der Waals surface area contributed by atoms with E-state index in [4.69, 9.17) is 5.26 Å². The van der Waals surface area contributed by atoms with Gasteiger partial charge in [0.05, 0.1) is 35.7 Å². The Morgan fingerprint density at radius 1 is 1.28 bits per heavy atom. The van der Waals surface area contributed by atoms with Crippen LogP contribution >= 0.6 is 11.8 Å². The number of benzene rings is 2. The van der Waals surface area contributed by atoms with Crippen LogP contribution in [0.25, 0.3) is 0 Å². The number of hydrazone groups is 1. The molecule has 8 heteroatoms. The number of hydrogen-bond donors (Lipinski definition) is 0. The second-order valence-electron chi connectivity index (χ2n) is 6.54. The Balaban J connectivity index is 1.53. The van der Waals surface area contributed by atoms with Crippen LogP contribution in [0, 0.1) is 17.1 Å². The lowest BCUT2D eigenvalue weighted by Gasteiger charge is -2.30. The summed E-state index contributed by atoms with van der Waals surface area (Å²) in [5.74, 6) is -0.701. The summed E-state index contributed by atoms with van der Waals surface area (Å²) in [5.41, 5.74) is 2.17. The average Bonchev–Trinajstić information content (AvgIpc) is 3.24. The number of carbonyl (C=O) groups is 1. The van der Waals surface area contributed by atoms with Gasteiger partial charge in [0, 0.05) is 24.7 Å². The molecule has 4 rings (SSSR count). The first kappa shape index (κ1) is 19.2. The van der Waals surface area contributed by atoms with Crippen molar-refractivity contribution in [1.82, 2.24) is 5.01 Å².